The van der Waals surface area contributed by atoms with Crippen molar-refractivity contribution in [3.8, 4) is 78.1 Å². The normalized spacial score (nSPS) is 11.2. The first-order valence-electron chi connectivity index (χ1n) is 41.1. The van der Waals surface area contributed by atoms with E-state index in [0.717, 1.165) is 154 Å². The molecule has 24 rings (SSSR count). The fourth-order valence-corrected chi connectivity index (χ4v) is 20.9. The minimum absolute atomic E-state index is 0.0406. The van der Waals surface area contributed by atoms with Gasteiger partial charge in [-0.2, -0.15) is 43.7 Å². The largest absolute Gasteiger partial charge is 0.488 e. The van der Waals surface area contributed by atoms with Gasteiger partial charge < -0.3 is 21.5 Å². The van der Waals surface area contributed by atoms with Crippen LogP contribution in [0, 0.1) is 40.5 Å². The Hall–Kier alpha value is -15.9. The average molecular weight is 2200 g/mol. The quantitative estimate of drug-likeness (QED) is 0.0178. The van der Waals surface area contributed by atoms with Crippen LogP contribution < -0.4 is 16.9 Å². The third kappa shape index (κ3) is 18.5. The van der Waals surface area contributed by atoms with Crippen molar-refractivity contribution in [1.29, 1.82) is 0 Å². The van der Waals surface area contributed by atoms with Gasteiger partial charge in [0.05, 0.1) is 134 Å². The molecule has 0 spiro atoms. The molecule has 23 aromatic rings. The number of carbonyl (C=O) groups excluding carboxylic acids is 2. The molecular weight excluding hydrogens is 2140 g/mol. The standard InChI is InChI=1S/C30H16N6S.C18H10N4O4S.C18H14N4S.C12H6N2O2.C6H7BO2.C6Br2N4O4S.C6H2Br2N2S/c1-3-9-17(10-4-1)21-27-28(22(18-11-5-2-6-12-18)30-29(21)35-37-36-30)34-26-20-14-8-16-32-24(20)23-19(25(26)33-27)13-7-15-31-23;23-21(24)17-13(11-7-3-1-4-8-11)15-16(20-27-19-15)14(18(17)22(25)26)12-9-5-2-6-10-12;19-15-13(11-7-3-1-4-8-11)17-18(22-23-21-17)14(16(15)20)12-9-5-2-6-10-12;15-11-7-3-1-5-13-9(7)10-8(12(11)16)4-2-6-14-10;8-7(9)6-4-2-1-3-5-6;7-1-3-4(10-17-9-3)2(8)6(12(15)16)5(1)11(13)14;7-3-1-2-4(8)6-5(3)9-11-10-6/h1-16H;1-10H;1-10H,19-20H2;1-6H;1-5,8-9H;;1-2H. The van der Waals surface area contributed by atoms with Crippen LogP contribution in [0.4, 0.5) is 34.1 Å². The summed E-state index contributed by atoms with van der Waals surface area (Å²) in [4.78, 5) is 94.3. The summed E-state index contributed by atoms with van der Waals surface area (Å²) >= 11 is 18.0. The molecule has 10 heterocycles. The zero-order chi connectivity index (χ0) is 97.5. The Morgan fingerprint density at radius 2 is 0.529 bits per heavy atom. The van der Waals surface area contributed by atoms with E-state index >= 15 is 0 Å². The van der Waals surface area contributed by atoms with E-state index in [1.54, 1.807) is 134 Å². The number of benzene rings is 13. The highest BCUT2D eigenvalue weighted by atomic mass is 79.9. The molecule has 1 aliphatic carbocycles. The average Bonchev–Trinajstić information content (AvgIpc) is 1.28. The number of pyridine rings is 4. The highest BCUT2D eigenvalue weighted by Gasteiger charge is 2.40. The second-order valence-electron chi connectivity index (χ2n) is 29.8. The smallest absolute Gasteiger partial charge is 0.423 e. The van der Waals surface area contributed by atoms with Crippen LogP contribution in [0.15, 0.2) is 316 Å². The summed E-state index contributed by atoms with van der Waals surface area (Å²) < 4.78 is 44.8. The summed E-state index contributed by atoms with van der Waals surface area (Å²) in [5.41, 5.74) is 33.4. The summed E-state index contributed by atoms with van der Waals surface area (Å²) in [6, 6.07) is 84.4. The van der Waals surface area contributed by atoms with Crippen molar-refractivity contribution in [2.75, 3.05) is 11.5 Å². The molecule has 0 saturated carbocycles. The highest BCUT2D eigenvalue weighted by molar-refractivity contribution is 9.11. The van der Waals surface area contributed by atoms with E-state index in [9.17, 15) is 50.0 Å². The van der Waals surface area contributed by atoms with Crippen molar-refractivity contribution in [1.82, 2.24) is 73.6 Å². The van der Waals surface area contributed by atoms with Crippen molar-refractivity contribution in [2.45, 2.75) is 0 Å². The molecule has 6 N–H and O–H groups in total. The van der Waals surface area contributed by atoms with E-state index < -0.39 is 61.1 Å². The first-order valence-corrected chi connectivity index (χ1v) is 48.0. The number of nitro benzene ring substituents is 4. The van der Waals surface area contributed by atoms with Gasteiger partial charge in [0, 0.05) is 66.8 Å². The van der Waals surface area contributed by atoms with Crippen LogP contribution in [-0.4, -0.2) is 122 Å². The number of nitro groups is 4. The summed E-state index contributed by atoms with van der Waals surface area (Å²) in [6.45, 7) is 0. The lowest BCUT2D eigenvalue weighted by Crippen LogP contribution is -2.29. The Labute approximate surface area is 842 Å². The van der Waals surface area contributed by atoms with Crippen molar-refractivity contribution >= 4 is 280 Å². The molecule has 0 aliphatic heterocycles. The maximum atomic E-state index is 11.9. The van der Waals surface area contributed by atoms with E-state index in [1.807, 2.05) is 140 Å². The number of ketones is 2. The molecule has 0 fully saturated rings. The van der Waals surface area contributed by atoms with Crippen molar-refractivity contribution in [3.63, 3.8) is 0 Å². The minimum Gasteiger partial charge on any atom is -0.423 e. The molecule has 0 radical (unpaired) electrons. The lowest BCUT2D eigenvalue weighted by molar-refractivity contribution is -0.423. The second-order valence-corrected chi connectivity index (χ2v) is 35.8. The first-order chi connectivity index (χ1) is 68.1. The number of halogens is 4. The predicted octanol–water partition coefficient (Wildman–Crippen LogP) is 23.4. The van der Waals surface area contributed by atoms with Gasteiger partial charge in [-0.15, -0.1) is 0 Å². The molecule has 1 aliphatic rings. The van der Waals surface area contributed by atoms with Crippen LogP contribution in [0.1, 0.15) is 20.7 Å². The van der Waals surface area contributed by atoms with Gasteiger partial charge in [0.15, 0.2) is 0 Å². The maximum Gasteiger partial charge on any atom is 0.488 e. The van der Waals surface area contributed by atoms with Gasteiger partial charge in [-0.25, -0.2) is 9.97 Å². The summed E-state index contributed by atoms with van der Waals surface area (Å²) in [7, 11) is -1.34. The monoisotopic (exact) mass is 2190 g/mol. The van der Waals surface area contributed by atoms with Crippen molar-refractivity contribution in [3.05, 3.63) is 367 Å². The Morgan fingerprint density at radius 3 is 0.829 bits per heavy atom. The zero-order valence-electron chi connectivity index (χ0n) is 71.0. The first kappa shape index (κ1) is 94.5. The molecule has 34 nitrogen and oxygen atoms in total. The molecule has 44 heteroatoms. The molecule has 0 saturated heterocycles. The number of nitrogen functional groups attached to an aromatic ring is 2. The fourth-order valence-electron chi connectivity index (χ4n) is 15.6. The number of nitrogens with zero attached hydrogens (tertiary/aromatic N) is 20. The Balaban J connectivity index is 0.000000113. The van der Waals surface area contributed by atoms with Crippen LogP contribution in [0.2, 0.25) is 0 Å². The molecule has 682 valence electrons. The molecule has 0 unspecified atom stereocenters. The van der Waals surface area contributed by atoms with Gasteiger partial charge in [-0.05, 0) is 163 Å². The van der Waals surface area contributed by atoms with Crippen LogP contribution in [0.3, 0.4) is 0 Å². The maximum absolute atomic E-state index is 11.9. The Bertz CT molecular complexity index is 8330. The molecule has 0 bridgehead atoms. The highest BCUT2D eigenvalue weighted by Crippen LogP contribution is 2.52. The van der Waals surface area contributed by atoms with E-state index in [2.05, 4.69) is 143 Å². The number of aromatic nitrogens is 16. The SMILES string of the molecule is Brc1ccc(Br)c2nsnc12.Nc1c(N)c(-c2ccccc2)c2nsnc2c1-c1ccccc1.O=C1C(=O)c2cccnc2-c2ncccc21.O=[N+]([O-])c1c([N+](=O)[O-])c(-c2ccccc2)c2nsnc2c1-c1ccccc1.O=[N+]([O-])c1c([N+](=O)[O-])c(Br)c2nsnc2c1Br.OB(O)c1ccccc1.c1ccc(-c2c3nsnc3c(-c3ccccc3)c3nc4c5cccnc5c5ncccc5c4nc23)cc1. The summed E-state index contributed by atoms with van der Waals surface area (Å²) in [5.74, 6) is -1.02. The summed E-state index contributed by atoms with van der Waals surface area (Å²) in [6.07, 6.45) is 6.76. The Kier molecular flexibility index (Phi) is 28.1. The zero-order valence-corrected chi connectivity index (χ0v) is 81.4. The van der Waals surface area contributed by atoms with Gasteiger partial charge in [-0.1, -0.05) is 212 Å². The van der Waals surface area contributed by atoms with Gasteiger partial charge in [-0.3, -0.25) is 70.0 Å². The number of anilines is 2. The molecular formula is C96H55BBr4N22O12S5. The number of carbonyl (C=O) groups is 2. The number of nitrogens with two attached hydrogens (primary N) is 2. The van der Waals surface area contributed by atoms with Gasteiger partial charge in [0.1, 0.15) is 86.5 Å². The number of fused-ring (bicyclic) bond motifs is 15. The van der Waals surface area contributed by atoms with Gasteiger partial charge >= 0.3 is 29.9 Å². The van der Waals surface area contributed by atoms with Crippen LogP contribution in [0.5, 0.6) is 0 Å². The van der Waals surface area contributed by atoms with Crippen LogP contribution in [-0.2, 0) is 0 Å². The van der Waals surface area contributed by atoms with Crippen molar-refractivity contribution < 1.29 is 39.3 Å². The van der Waals surface area contributed by atoms with Crippen LogP contribution >= 0.6 is 122 Å². The Morgan fingerprint density at radius 1 is 0.271 bits per heavy atom. The van der Waals surface area contributed by atoms with Gasteiger partial charge in [0.2, 0.25) is 11.6 Å². The fraction of sp³-hybridized carbons (Fsp3) is 0. The topological polar surface area (TPSA) is 505 Å². The molecule has 140 heavy (non-hydrogen) atoms. The van der Waals surface area contributed by atoms with E-state index in [-0.39, 0.29) is 42.1 Å². The third-order valence-electron chi connectivity index (χ3n) is 21.7. The molecule has 13 aromatic carbocycles. The number of rotatable bonds is 11. The number of hydrogen-bond acceptors (Lipinski definition) is 35. The van der Waals surface area contributed by atoms with E-state index in [0.29, 0.717) is 50.5 Å². The summed E-state index contributed by atoms with van der Waals surface area (Å²) in [5, 5.41) is 64.6. The minimum atomic E-state index is -1.34. The molecule has 10 aromatic heterocycles. The lowest BCUT2D eigenvalue weighted by atomic mass is 9.81. The number of hydrogen-bond donors (Lipinski definition) is 4. The van der Waals surface area contributed by atoms with Crippen molar-refractivity contribution in [2.24, 2.45) is 0 Å². The third-order valence-corrected chi connectivity index (χ3v) is 27.2. The van der Waals surface area contributed by atoms with E-state index in [1.165, 1.54) is 35.2 Å². The second kappa shape index (κ2) is 41.6. The number of Topliss-reactive ketones (excluding diaryl/α,β-unsaturated/α-hetero) is 2. The molecule has 0 atom stereocenters. The van der Waals surface area contributed by atoms with E-state index in [4.69, 9.17) is 40.2 Å². The lowest BCUT2D eigenvalue weighted by Gasteiger charge is -2.15. The van der Waals surface area contributed by atoms with Gasteiger partial charge in [0.25, 0.3) is 0 Å². The van der Waals surface area contributed by atoms with Crippen LogP contribution in [0.25, 0.3) is 177 Å². The molecule has 0 amide bonds. The predicted molar refractivity (Wildman–Crippen MR) is 560 cm³/mol.